The van der Waals surface area contributed by atoms with E-state index in [0.717, 1.165) is 21.6 Å². The molecule has 3 heterocycles. The Morgan fingerprint density at radius 1 is 0.939 bits per heavy atom. The SMILES string of the molecule is O=C1c2cccc(NS(=O)(=O)c3ccc(C4=CN=CC4)cc3)c2C(=O)N1Cc1ccncc1. The van der Waals surface area contributed by atoms with Gasteiger partial charge in [0.15, 0.2) is 0 Å². The third-order valence-electron chi connectivity index (χ3n) is 5.52. The van der Waals surface area contributed by atoms with Gasteiger partial charge in [-0.05, 0) is 53.1 Å². The van der Waals surface area contributed by atoms with Gasteiger partial charge in [0.25, 0.3) is 21.8 Å². The summed E-state index contributed by atoms with van der Waals surface area (Å²) in [6, 6.07) is 14.4. The fourth-order valence-electron chi connectivity index (χ4n) is 3.82. The Morgan fingerprint density at radius 2 is 1.70 bits per heavy atom. The van der Waals surface area contributed by atoms with Crippen molar-refractivity contribution in [3.05, 3.63) is 95.4 Å². The number of nitrogens with one attached hydrogen (secondary N) is 1. The molecule has 2 aromatic carbocycles. The van der Waals surface area contributed by atoms with Crippen LogP contribution in [0.15, 0.2) is 83.1 Å². The smallest absolute Gasteiger partial charge is 0.264 e. The van der Waals surface area contributed by atoms with E-state index in [4.69, 9.17) is 0 Å². The second-order valence-electron chi connectivity index (χ2n) is 7.60. The summed E-state index contributed by atoms with van der Waals surface area (Å²) >= 11 is 0. The van der Waals surface area contributed by atoms with Gasteiger partial charge < -0.3 is 0 Å². The molecule has 0 atom stereocenters. The number of imide groups is 1. The Kier molecular flexibility index (Phi) is 5.10. The highest BCUT2D eigenvalue weighted by atomic mass is 32.2. The Labute approximate surface area is 190 Å². The minimum atomic E-state index is -3.98. The van der Waals surface area contributed by atoms with E-state index in [9.17, 15) is 18.0 Å². The van der Waals surface area contributed by atoms with E-state index < -0.39 is 21.8 Å². The molecule has 1 N–H and O–H groups in total. The lowest BCUT2D eigenvalue weighted by atomic mass is 10.1. The van der Waals surface area contributed by atoms with Crippen molar-refractivity contribution in [1.82, 2.24) is 9.88 Å². The fraction of sp³-hybridized carbons (Fsp3) is 0.0833. The number of carbonyl (C=O) groups excluding carboxylic acids is 2. The first-order chi connectivity index (χ1) is 15.9. The Morgan fingerprint density at radius 3 is 2.39 bits per heavy atom. The van der Waals surface area contributed by atoms with Gasteiger partial charge in [0.05, 0.1) is 28.3 Å². The molecule has 8 nitrogen and oxygen atoms in total. The van der Waals surface area contributed by atoms with Crippen LogP contribution >= 0.6 is 0 Å². The third-order valence-corrected chi connectivity index (χ3v) is 6.90. The lowest BCUT2D eigenvalue weighted by Crippen LogP contribution is -2.29. The quantitative estimate of drug-likeness (QED) is 0.569. The average Bonchev–Trinajstić information content (AvgIpc) is 3.44. The van der Waals surface area contributed by atoms with Crippen LogP contribution in [0.5, 0.6) is 0 Å². The second-order valence-corrected chi connectivity index (χ2v) is 9.28. The molecule has 0 saturated carbocycles. The van der Waals surface area contributed by atoms with Gasteiger partial charge in [-0.3, -0.25) is 29.2 Å². The molecule has 9 heteroatoms. The lowest BCUT2D eigenvalue weighted by molar-refractivity contribution is 0.0642. The van der Waals surface area contributed by atoms with Crippen molar-refractivity contribution in [2.75, 3.05) is 4.72 Å². The van der Waals surface area contributed by atoms with Crippen LogP contribution < -0.4 is 4.72 Å². The number of aliphatic imine (C=N–C) groups is 1. The number of aromatic nitrogens is 1. The van der Waals surface area contributed by atoms with Gasteiger partial charge in [-0.25, -0.2) is 8.42 Å². The highest BCUT2D eigenvalue weighted by molar-refractivity contribution is 7.92. The van der Waals surface area contributed by atoms with Crippen LogP contribution in [0.2, 0.25) is 0 Å². The number of nitrogens with zero attached hydrogens (tertiary/aromatic N) is 3. The van der Waals surface area contributed by atoms with Crippen LogP contribution in [-0.2, 0) is 16.6 Å². The fourth-order valence-corrected chi connectivity index (χ4v) is 4.90. The van der Waals surface area contributed by atoms with Crippen molar-refractivity contribution in [1.29, 1.82) is 0 Å². The Balaban J connectivity index is 1.42. The number of rotatable bonds is 6. The molecule has 2 aliphatic heterocycles. The van der Waals surface area contributed by atoms with Gasteiger partial charge in [0, 0.05) is 31.2 Å². The summed E-state index contributed by atoms with van der Waals surface area (Å²) < 4.78 is 28.5. The molecule has 164 valence electrons. The minimum absolute atomic E-state index is 0.0463. The second kappa shape index (κ2) is 8.10. The van der Waals surface area contributed by atoms with Crippen molar-refractivity contribution in [3.63, 3.8) is 0 Å². The Hall–Kier alpha value is -4.11. The summed E-state index contributed by atoms with van der Waals surface area (Å²) in [5.74, 6) is -1.02. The number of hydrogen-bond donors (Lipinski definition) is 1. The summed E-state index contributed by atoms with van der Waals surface area (Å²) in [4.78, 5) is 35.1. The first-order valence-corrected chi connectivity index (χ1v) is 11.6. The number of fused-ring (bicyclic) bond motifs is 1. The maximum absolute atomic E-state index is 13.1. The van der Waals surface area contributed by atoms with E-state index in [0.29, 0.717) is 6.42 Å². The molecule has 0 fully saturated rings. The predicted octanol–water partition coefficient (Wildman–Crippen LogP) is 3.49. The van der Waals surface area contributed by atoms with Crippen molar-refractivity contribution in [3.8, 4) is 0 Å². The topological polar surface area (TPSA) is 109 Å². The van der Waals surface area contributed by atoms with Crippen LogP contribution in [0, 0.1) is 0 Å². The largest absolute Gasteiger partial charge is 0.279 e. The van der Waals surface area contributed by atoms with Gasteiger partial charge in [-0.2, -0.15) is 0 Å². The summed E-state index contributed by atoms with van der Waals surface area (Å²) in [6.07, 6.45) is 7.39. The zero-order chi connectivity index (χ0) is 23.0. The van der Waals surface area contributed by atoms with Crippen LogP contribution in [0.25, 0.3) is 5.57 Å². The monoisotopic (exact) mass is 458 g/mol. The summed E-state index contributed by atoms with van der Waals surface area (Å²) in [5, 5.41) is 0. The molecule has 0 saturated heterocycles. The molecule has 3 aromatic rings. The molecule has 0 unspecified atom stereocenters. The van der Waals surface area contributed by atoms with E-state index in [2.05, 4.69) is 14.7 Å². The molecule has 2 aliphatic rings. The number of allylic oxidation sites excluding steroid dienone is 1. The number of hydrogen-bond acceptors (Lipinski definition) is 6. The van der Waals surface area contributed by atoms with Crippen LogP contribution in [-0.4, -0.2) is 36.3 Å². The summed E-state index contributed by atoms with van der Waals surface area (Å²) in [7, 11) is -3.98. The molecule has 0 aliphatic carbocycles. The lowest BCUT2D eigenvalue weighted by Gasteiger charge is -2.14. The van der Waals surface area contributed by atoms with Gasteiger partial charge in [-0.15, -0.1) is 0 Å². The standard InChI is InChI=1S/C24H18N4O4S/c29-23-20-2-1-3-21(22(20)24(30)28(23)15-16-8-11-25-12-9-16)27-33(31,32)19-6-4-17(5-7-19)18-10-13-26-14-18/h1-9,11-14,27H,10,15H2. The van der Waals surface area contributed by atoms with Gasteiger partial charge in [0.1, 0.15) is 0 Å². The first kappa shape index (κ1) is 20.8. The minimum Gasteiger partial charge on any atom is -0.279 e. The van der Waals surface area contributed by atoms with E-state index in [-0.39, 0.29) is 28.3 Å². The molecular formula is C24H18N4O4S. The van der Waals surface area contributed by atoms with Gasteiger partial charge in [0.2, 0.25) is 0 Å². The van der Waals surface area contributed by atoms with Crippen LogP contribution in [0.3, 0.4) is 0 Å². The van der Waals surface area contributed by atoms with Gasteiger partial charge >= 0.3 is 0 Å². The molecule has 2 amide bonds. The zero-order valence-corrected chi connectivity index (χ0v) is 18.1. The first-order valence-electron chi connectivity index (χ1n) is 10.2. The summed E-state index contributed by atoms with van der Waals surface area (Å²) in [5.41, 5.74) is 2.91. The van der Waals surface area contributed by atoms with E-state index >= 15 is 0 Å². The van der Waals surface area contributed by atoms with Crippen molar-refractivity contribution in [2.24, 2.45) is 4.99 Å². The van der Waals surface area contributed by atoms with Gasteiger partial charge in [-0.1, -0.05) is 18.2 Å². The maximum Gasteiger partial charge on any atom is 0.264 e. The van der Waals surface area contributed by atoms with Crippen molar-refractivity contribution < 1.29 is 18.0 Å². The van der Waals surface area contributed by atoms with Crippen molar-refractivity contribution >= 4 is 39.3 Å². The molecule has 1 aromatic heterocycles. The highest BCUT2D eigenvalue weighted by Crippen LogP contribution is 2.32. The molecule has 33 heavy (non-hydrogen) atoms. The molecule has 0 radical (unpaired) electrons. The van der Waals surface area contributed by atoms with Crippen molar-refractivity contribution in [2.45, 2.75) is 17.9 Å². The molecule has 0 bridgehead atoms. The number of pyridine rings is 1. The summed E-state index contributed by atoms with van der Waals surface area (Å²) in [6.45, 7) is 0.0715. The Bertz CT molecular complexity index is 1430. The maximum atomic E-state index is 13.1. The molecule has 0 spiro atoms. The van der Waals surface area contributed by atoms with Crippen LogP contribution in [0.4, 0.5) is 5.69 Å². The molecule has 5 rings (SSSR count). The van der Waals surface area contributed by atoms with E-state index in [1.807, 2.05) is 0 Å². The number of sulfonamides is 1. The highest BCUT2D eigenvalue weighted by Gasteiger charge is 2.38. The normalized spacial score (nSPS) is 15.0. The van der Waals surface area contributed by atoms with E-state index in [1.165, 1.54) is 24.3 Å². The number of anilines is 1. The number of carbonyl (C=O) groups is 2. The number of amides is 2. The van der Waals surface area contributed by atoms with E-state index in [1.54, 1.807) is 55.1 Å². The third kappa shape index (κ3) is 3.83. The zero-order valence-electron chi connectivity index (χ0n) is 17.3. The predicted molar refractivity (Wildman–Crippen MR) is 123 cm³/mol. The molecular weight excluding hydrogens is 440 g/mol. The number of benzene rings is 2. The van der Waals surface area contributed by atoms with Crippen LogP contribution in [0.1, 0.15) is 38.3 Å². The average molecular weight is 458 g/mol.